The number of nitrogens with one attached hydrogen (secondary N) is 2. The van der Waals surface area contributed by atoms with Crippen LogP contribution in [0.3, 0.4) is 0 Å². The standard InChI is InChI=1S/C11H15ClN4O/c1-7-3-2-4-13-10(7)11(17)16-9-5-8(12)14-6-15-9/h5-7,10,13H,2-4H2,1H3,(H,14,15,16,17). The molecule has 17 heavy (non-hydrogen) atoms. The molecule has 0 aliphatic carbocycles. The number of nitrogens with zero attached hydrogens (tertiary/aromatic N) is 2. The number of carbonyl (C=O) groups excluding carboxylic acids is 1. The monoisotopic (exact) mass is 254 g/mol. The van der Waals surface area contributed by atoms with Crippen LogP contribution < -0.4 is 10.6 Å². The summed E-state index contributed by atoms with van der Waals surface area (Å²) in [5.74, 6) is 0.711. The summed E-state index contributed by atoms with van der Waals surface area (Å²) in [5, 5.41) is 6.28. The Balaban J connectivity index is 2.01. The second kappa shape index (κ2) is 5.42. The molecule has 0 bridgehead atoms. The molecule has 1 amide bonds. The van der Waals surface area contributed by atoms with E-state index in [2.05, 4.69) is 27.5 Å². The maximum absolute atomic E-state index is 12.0. The number of carbonyl (C=O) groups is 1. The van der Waals surface area contributed by atoms with E-state index in [4.69, 9.17) is 11.6 Å². The highest BCUT2D eigenvalue weighted by Gasteiger charge is 2.27. The van der Waals surface area contributed by atoms with E-state index < -0.39 is 0 Å². The van der Waals surface area contributed by atoms with Gasteiger partial charge in [0.2, 0.25) is 5.91 Å². The molecule has 92 valence electrons. The summed E-state index contributed by atoms with van der Waals surface area (Å²) in [4.78, 5) is 19.7. The lowest BCUT2D eigenvalue weighted by molar-refractivity contribution is -0.119. The van der Waals surface area contributed by atoms with Crippen LogP contribution in [0.2, 0.25) is 5.15 Å². The molecular formula is C11H15ClN4O. The van der Waals surface area contributed by atoms with E-state index in [1.54, 1.807) is 0 Å². The average molecular weight is 255 g/mol. The van der Waals surface area contributed by atoms with E-state index in [0.717, 1.165) is 19.4 Å². The fraction of sp³-hybridized carbons (Fsp3) is 0.545. The Morgan fingerprint density at radius 3 is 3.12 bits per heavy atom. The number of anilines is 1. The first kappa shape index (κ1) is 12.3. The molecule has 1 fully saturated rings. The van der Waals surface area contributed by atoms with Gasteiger partial charge in [-0.2, -0.15) is 0 Å². The lowest BCUT2D eigenvalue weighted by Gasteiger charge is -2.28. The minimum atomic E-state index is -0.155. The van der Waals surface area contributed by atoms with E-state index in [9.17, 15) is 4.79 Å². The zero-order chi connectivity index (χ0) is 12.3. The van der Waals surface area contributed by atoms with Crippen molar-refractivity contribution in [3.8, 4) is 0 Å². The fourth-order valence-corrected chi connectivity index (χ4v) is 2.15. The molecular weight excluding hydrogens is 240 g/mol. The van der Waals surface area contributed by atoms with Gasteiger partial charge >= 0.3 is 0 Å². The summed E-state index contributed by atoms with van der Waals surface area (Å²) >= 11 is 5.72. The van der Waals surface area contributed by atoms with Gasteiger partial charge in [0.05, 0.1) is 6.04 Å². The first-order valence-electron chi connectivity index (χ1n) is 5.68. The highest BCUT2D eigenvalue weighted by Crippen LogP contribution is 2.17. The van der Waals surface area contributed by atoms with Crippen molar-refractivity contribution in [2.45, 2.75) is 25.8 Å². The number of aromatic nitrogens is 2. The summed E-state index contributed by atoms with van der Waals surface area (Å²) in [7, 11) is 0. The number of amides is 1. The van der Waals surface area contributed by atoms with Crippen LogP contribution in [0.25, 0.3) is 0 Å². The molecule has 2 atom stereocenters. The molecule has 0 spiro atoms. The third-order valence-corrected chi connectivity index (χ3v) is 3.14. The lowest BCUT2D eigenvalue weighted by atomic mass is 9.92. The first-order chi connectivity index (χ1) is 8.16. The SMILES string of the molecule is CC1CCCNC1C(=O)Nc1cc(Cl)ncn1. The molecule has 0 aromatic carbocycles. The topological polar surface area (TPSA) is 66.9 Å². The van der Waals surface area contributed by atoms with Gasteiger partial charge in [0.15, 0.2) is 0 Å². The van der Waals surface area contributed by atoms with Crippen LogP contribution in [0.1, 0.15) is 19.8 Å². The van der Waals surface area contributed by atoms with Gasteiger partial charge in [-0.1, -0.05) is 18.5 Å². The summed E-state index contributed by atoms with van der Waals surface area (Å²) in [6.07, 6.45) is 3.51. The highest BCUT2D eigenvalue weighted by atomic mass is 35.5. The zero-order valence-corrected chi connectivity index (χ0v) is 10.4. The second-order valence-electron chi connectivity index (χ2n) is 4.27. The summed E-state index contributed by atoms with van der Waals surface area (Å²) in [5.41, 5.74) is 0. The molecule has 2 unspecified atom stereocenters. The molecule has 0 saturated carbocycles. The Hall–Kier alpha value is -1.20. The van der Waals surface area contributed by atoms with Gasteiger partial charge in [0.25, 0.3) is 0 Å². The largest absolute Gasteiger partial charge is 0.309 e. The van der Waals surface area contributed by atoms with E-state index in [0.29, 0.717) is 16.9 Å². The molecule has 1 aliphatic heterocycles. The number of rotatable bonds is 2. The Bertz CT molecular complexity index is 412. The molecule has 1 aromatic rings. The third kappa shape index (κ3) is 3.14. The molecule has 2 N–H and O–H groups in total. The van der Waals surface area contributed by atoms with E-state index in [1.165, 1.54) is 12.4 Å². The van der Waals surface area contributed by atoms with Gasteiger partial charge in [-0.3, -0.25) is 4.79 Å². The Kier molecular flexibility index (Phi) is 3.91. The average Bonchev–Trinajstić information content (AvgIpc) is 2.29. The zero-order valence-electron chi connectivity index (χ0n) is 9.61. The molecule has 6 heteroatoms. The Morgan fingerprint density at radius 2 is 2.41 bits per heavy atom. The van der Waals surface area contributed by atoms with Gasteiger partial charge in [-0.05, 0) is 25.3 Å². The smallest absolute Gasteiger partial charge is 0.242 e. The van der Waals surface area contributed by atoms with Gasteiger partial charge in [0.1, 0.15) is 17.3 Å². The van der Waals surface area contributed by atoms with Crippen molar-refractivity contribution in [2.75, 3.05) is 11.9 Å². The quantitative estimate of drug-likeness (QED) is 0.784. The Morgan fingerprint density at radius 1 is 1.59 bits per heavy atom. The van der Waals surface area contributed by atoms with Gasteiger partial charge < -0.3 is 10.6 Å². The van der Waals surface area contributed by atoms with Gasteiger partial charge in [0, 0.05) is 6.07 Å². The van der Waals surface area contributed by atoms with Crippen LogP contribution in [-0.2, 0) is 4.79 Å². The normalized spacial score (nSPS) is 24.4. The van der Waals surface area contributed by atoms with E-state index in [1.807, 2.05) is 0 Å². The van der Waals surface area contributed by atoms with Gasteiger partial charge in [-0.15, -0.1) is 0 Å². The van der Waals surface area contributed by atoms with Crippen LogP contribution in [0.15, 0.2) is 12.4 Å². The van der Waals surface area contributed by atoms with E-state index >= 15 is 0 Å². The van der Waals surface area contributed by atoms with Crippen LogP contribution in [0.4, 0.5) is 5.82 Å². The summed E-state index contributed by atoms with van der Waals surface area (Å²) in [6, 6.07) is 1.38. The van der Waals surface area contributed by atoms with Crippen molar-refractivity contribution < 1.29 is 4.79 Å². The van der Waals surface area contributed by atoms with Gasteiger partial charge in [-0.25, -0.2) is 9.97 Å². The molecule has 1 aromatic heterocycles. The molecule has 2 rings (SSSR count). The number of piperidine rings is 1. The molecule has 0 radical (unpaired) electrons. The molecule has 5 nitrogen and oxygen atoms in total. The predicted octanol–water partition coefficient (Wildman–Crippen LogP) is 1.46. The van der Waals surface area contributed by atoms with Crippen molar-refractivity contribution in [1.82, 2.24) is 15.3 Å². The minimum absolute atomic E-state index is 0.0630. The second-order valence-corrected chi connectivity index (χ2v) is 4.65. The summed E-state index contributed by atoms with van der Waals surface area (Å²) < 4.78 is 0. The van der Waals surface area contributed by atoms with Crippen LogP contribution in [-0.4, -0.2) is 28.5 Å². The molecule has 1 saturated heterocycles. The van der Waals surface area contributed by atoms with Crippen molar-refractivity contribution >= 4 is 23.3 Å². The van der Waals surface area contributed by atoms with Crippen molar-refractivity contribution in [1.29, 1.82) is 0 Å². The number of hydrogen-bond donors (Lipinski definition) is 2. The van der Waals surface area contributed by atoms with Crippen LogP contribution in [0, 0.1) is 5.92 Å². The van der Waals surface area contributed by atoms with Crippen molar-refractivity contribution in [2.24, 2.45) is 5.92 Å². The number of halogens is 1. The maximum Gasteiger partial charge on any atom is 0.242 e. The van der Waals surface area contributed by atoms with Crippen LogP contribution >= 0.6 is 11.6 Å². The van der Waals surface area contributed by atoms with Crippen LogP contribution in [0.5, 0.6) is 0 Å². The summed E-state index contributed by atoms with van der Waals surface area (Å²) in [6.45, 7) is 2.95. The molecule has 2 heterocycles. The van der Waals surface area contributed by atoms with Crippen molar-refractivity contribution in [3.05, 3.63) is 17.5 Å². The fourth-order valence-electron chi connectivity index (χ4n) is 2.01. The predicted molar refractivity (Wildman–Crippen MR) is 65.9 cm³/mol. The highest BCUT2D eigenvalue weighted by molar-refractivity contribution is 6.29. The van der Waals surface area contributed by atoms with Crippen molar-refractivity contribution in [3.63, 3.8) is 0 Å². The van der Waals surface area contributed by atoms with E-state index in [-0.39, 0.29) is 11.9 Å². The molecule has 1 aliphatic rings. The maximum atomic E-state index is 12.0. The minimum Gasteiger partial charge on any atom is -0.309 e. The third-order valence-electron chi connectivity index (χ3n) is 2.94. The lowest BCUT2D eigenvalue weighted by Crippen LogP contribution is -2.48. The first-order valence-corrected chi connectivity index (χ1v) is 6.06. The number of hydrogen-bond acceptors (Lipinski definition) is 4. The Labute approximate surface area is 105 Å².